The number of likely N-dealkylation sites (tertiary alicyclic amines) is 1. The molecule has 142 valence electrons. The number of carbonyl (C=O) groups excluding carboxylic acids is 1. The lowest BCUT2D eigenvalue weighted by atomic mass is 10.1. The predicted octanol–water partition coefficient (Wildman–Crippen LogP) is 4.67. The highest BCUT2D eigenvalue weighted by molar-refractivity contribution is 7.80. The molecule has 0 unspecified atom stereocenters. The number of rotatable bonds is 4. The van der Waals surface area contributed by atoms with Gasteiger partial charge >= 0.3 is 0 Å². The zero-order valence-corrected chi connectivity index (χ0v) is 16.8. The third-order valence-electron chi connectivity index (χ3n) is 4.96. The number of nitrogens with one attached hydrogen (secondary N) is 2. The van der Waals surface area contributed by atoms with E-state index < -0.39 is 0 Å². The van der Waals surface area contributed by atoms with Crippen molar-refractivity contribution >= 4 is 28.9 Å². The third-order valence-corrected chi connectivity index (χ3v) is 5.18. The van der Waals surface area contributed by atoms with Crippen molar-refractivity contribution < 1.29 is 4.79 Å². The molecule has 2 aromatic rings. The minimum atomic E-state index is 0.116. The Morgan fingerprint density at radius 2 is 1.63 bits per heavy atom. The van der Waals surface area contributed by atoms with Crippen LogP contribution in [0.2, 0.25) is 0 Å². The van der Waals surface area contributed by atoms with E-state index >= 15 is 0 Å². The number of nitrogens with zero attached hydrogens (tertiary/aromatic N) is 1. The van der Waals surface area contributed by atoms with Crippen molar-refractivity contribution in [2.24, 2.45) is 0 Å². The predicted molar refractivity (Wildman–Crippen MR) is 115 cm³/mol. The van der Waals surface area contributed by atoms with Crippen LogP contribution >= 0.6 is 12.2 Å². The lowest BCUT2D eigenvalue weighted by Gasteiger charge is -2.26. The van der Waals surface area contributed by atoms with Gasteiger partial charge in [0.15, 0.2) is 5.11 Å². The molecular weight excluding hydrogens is 354 g/mol. The van der Waals surface area contributed by atoms with E-state index in [0.717, 1.165) is 37.2 Å². The second-order valence-electron chi connectivity index (χ2n) is 7.16. The minimum Gasteiger partial charge on any atom is -0.356 e. The number of carbonyl (C=O) groups is 1. The van der Waals surface area contributed by atoms with Gasteiger partial charge in [-0.05, 0) is 75.2 Å². The van der Waals surface area contributed by atoms with Gasteiger partial charge in [0.25, 0.3) is 5.91 Å². The smallest absolute Gasteiger partial charge is 0.253 e. The molecule has 2 aromatic carbocycles. The Morgan fingerprint density at radius 3 is 2.26 bits per heavy atom. The molecule has 1 heterocycles. The number of piperidine rings is 1. The summed E-state index contributed by atoms with van der Waals surface area (Å²) < 4.78 is 0. The molecule has 0 radical (unpaired) electrons. The van der Waals surface area contributed by atoms with Gasteiger partial charge < -0.3 is 15.5 Å². The van der Waals surface area contributed by atoms with Gasteiger partial charge in [-0.15, -0.1) is 0 Å². The number of benzene rings is 2. The first-order valence-corrected chi connectivity index (χ1v) is 9.97. The Kier molecular flexibility index (Phi) is 6.45. The van der Waals surface area contributed by atoms with E-state index in [2.05, 4.69) is 48.7 Å². The van der Waals surface area contributed by atoms with Crippen LogP contribution in [-0.2, 0) is 0 Å². The van der Waals surface area contributed by atoms with Crippen LogP contribution in [0.25, 0.3) is 0 Å². The van der Waals surface area contributed by atoms with Crippen molar-refractivity contribution in [1.29, 1.82) is 0 Å². The van der Waals surface area contributed by atoms with E-state index in [0.29, 0.717) is 5.11 Å². The molecule has 0 bridgehead atoms. The van der Waals surface area contributed by atoms with E-state index in [4.69, 9.17) is 12.2 Å². The van der Waals surface area contributed by atoms with Crippen LogP contribution in [0.3, 0.4) is 0 Å². The summed E-state index contributed by atoms with van der Waals surface area (Å²) in [7, 11) is 0. The largest absolute Gasteiger partial charge is 0.356 e. The number of hydrogen-bond donors (Lipinski definition) is 2. The van der Waals surface area contributed by atoms with Gasteiger partial charge in [-0.2, -0.15) is 0 Å². The van der Waals surface area contributed by atoms with Crippen molar-refractivity contribution in [1.82, 2.24) is 10.2 Å². The Morgan fingerprint density at radius 1 is 1.00 bits per heavy atom. The molecule has 1 aliphatic heterocycles. The Hall–Kier alpha value is -2.40. The second kappa shape index (κ2) is 9.00. The van der Waals surface area contributed by atoms with Crippen LogP contribution in [0.1, 0.15) is 53.7 Å². The van der Waals surface area contributed by atoms with Crippen molar-refractivity contribution in [3.8, 4) is 0 Å². The second-order valence-corrected chi connectivity index (χ2v) is 7.57. The average Bonchev–Trinajstić information content (AvgIpc) is 2.69. The summed E-state index contributed by atoms with van der Waals surface area (Å²) in [5, 5.41) is 7.06. The zero-order chi connectivity index (χ0) is 19.2. The van der Waals surface area contributed by atoms with Gasteiger partial charge in [0.05, 0.1) is 6.04 Å². The highest BCUT2D eigenvalue weighted by Gasteiger charge is 2.18. The number of hydrogen-bond acceptors (Lipinski definition) is 2. The Bertz CT molecular complexity index is 780. The van der Waals surface area contributed by atoms with Crippen molar-refractivity contribution in [2.45, 2.75) is 39.2 Å². The molecule has 1 aliphatic rings. The highest BCUT2D eigenvalue weighted by atomic mass is 32.1. The van der Waals surface area contributed by atoms with Crippen molar-refractivity contribution in [2.75, 3.05) is 18.4 Å². The molecule has 1 fully saturated rings. The van der Waals surface area contributed by atoms with Gasteiger partial charge in [-0.1, -0.05) is 29.8 Å². The van der Waals surface area contributed by atoms with Crippen LogP contribution in [0.5, 0.6) is 0 Å². The average molecular weight is 382 g/mol. The van der Waals surface area contributed by atoms with Gasteiger partial charge in [0.1, 0.15) is 0 Å². The van der Waals surface area contributed by atoms with Crippen LogP contribution in [0, 0.1) is 6.92 Å². The highest BCUT2D eigenvalue weighted by Crippen LogP contribution is 2.17. The molecular formula is C22H27N3OS. The number of anilines is 1. The van der Waals surface area contributed by atoms with Gasteiger partial charge in [0.2, 0.25) is 0 Å². The first-order valence-electron chi connectivity index (χ1n) is 9.56. The number of aryl methyl sites for hydroxylation is 1. The van der Waals surface area contributed by atoms with E-state index in [-0.39, 0.29) is 11.9 Å². The van der Waals surface area contributed by atoms with Crippen LogP contribution in [-0.4, -0.2) is 29.0 Å². The SMILES string of the molecule is Cc1ccc([C@@H](C)NC(=S)Nc2ccc(C(=O)N3CCCCC3)cc2)cc1. The van der Waals surface area contributed by atoms with Gasteiger partial charge in [-0.3, -0.25) is 4.79 Å². The standard InChI is InChI=1S/C22H27N3OS/c1-16-6-8-18(9-7-16)17(2)23-22(27)24-20-12-10-19(11-13-20)21(26)25-14-4-3-5-15-25/h6-13,17H,3-5,14-15H2,1-2H3,(H2,23,24,27)/t17-/m1/s1. The molecule has 0 spiro atoms. The van der Waals surface area contributed by atoms with Gasteiger partial charge in [-0.25, -0.2) is 0 Å². The molecule has 4 nitrogen and oxygen atoms in total. The number of amides is 1. The summed E-state index contributed by atoms with van der Waals surface area (Å²) in [5.41, 5.74) is 4.03. The molecule has 5 heteroatoms. The maximum atomic E-state index is 12.5. The Balaban J connectivity index is 1.55. The monoisotopic (exact) mass is 381 g/mol. The molecule has 2 N–H and O–H groups in total. The maximum Gasteiger partial charge on any atom is 0.253 e. The summed E-state index contributed by atoms with van der Waals surface area (Å²) in [6, 6.07) is 16.1. The minimum absolute atomic E-state index is 0.116. The van der Waals surface area contributed by atoms with Crippen LogP contribution in [0.15, 0.2) is 48.5 Å². The lowest BCUT2D eigenvalue weighted by molar-refractivity contribution is 0.0724. The fraction of sp³-hybridized carbons (Fsp3) is 0.364. The van der Waals surface area contributed by atoms with Gasteiger partial charge in [0, 0.05) is 24.3 Å². The normalized spacial score (nSPS) is 15.1. The quantitative estimate of drug-likeness (QED) is 0.756. The number of thiocarbonyl (C=S) groups is 1. The molecule has 3 rings (SSSR count). The van der Waals surface area contributed by atoms with Crippen molar-refractivity contribution in [3.63, 3.8) is 0 Å². The molecule has 1 saturated heterocycles. The molecule has 0 aliphatic carbocycles. The summed E-state index contributed by atoms with van der Waals surface area (Å²) in [5.74, 6) is 0.120. The Labute approximate surface area is 167 Å². The van der Waals surface area contributed by atoms with E-state index in [1.54, 1.807) is 0 Å². The fourth-order valence-electron chi connectivity index (χ4n) is 3.28. The molecule has 27 heavy (non-hydrogen) atoms. The van der Waals surface area contributed by atoms with E-state index in [1.165, 1.54) is 17.5 Å². The van der Waals surface area contributed by atoms with E-state index in [9.17, 15) is 4.79 Å². The third kappa shape index (κ3) is 5.30. The summed E-state index contributed by atoms with van der Waals surface area (Å²) in [6.45, 7) is 5.89. The molecule has 0 aromatic heterocycles. The van der Waals surface area contributed by atoms with E-state index in [1.807, 2.05) is 29.2 Å². The molecule has 1 amide bonds. The van der Waals surface area contributed by atoms with Crippen LogP contribution in [0.4, 0.5) is 5.69 Å². The maximum absolute atomic E-state index is 12.5. The molecule has 1 atom stereocenters. The van der Waals surface area contributed by atoms with Crippen LogP contribution < -0.4 is 10.6 Å². The summed E-state index contributed by atoms with van der Waals surface area (Å²) in [6.07, 6.45) is 3.42. The molecule has 0 saturated carbocycles. The summed E-state index contributed by atoms with van der Waals surface area (Å²) in [4.78, 5) is 14.5. The summed E-state index contributed by atoms with van der Waals surface area (Å²) >= 11 is 5.43. The first kappa shape index (κ1) is 19.4. The lowest BCUT2D eigenvalue weighted by Crippen LogP contribution is -2.35. The fourth-order valence-corrected chi connectivity index (χ4v) is 3.57. The topological polar surface area (TPSA) is 44.4 Å². The first-order chi connectivity index (χ1) is 13.0. The zero-order valence-electron chi connectivity index (χ0n) is 16.0. The van der Waals surface area contributed by atoms with Crippen molar-refractivity contribution in [3.05, 3.63) is 65.2 Å².